The van der Waals surface area contributed by atoms with Crippen molar-refractivity contribution in [3.8, 4) is 0 Å². The minimum Gasteiger partial charge on any atom is -0.467 e. The zero-order valence-electron chi connectivity index (χ0n) is 15.5. The second-order valence-electron chi connectivity index (χ2n) is 6.79. The van der Waals surface area contributed by atoms with Gasteiger partial charge in [0.1, 0.15) is 0 Å². The molecule has 1 atom stereocenters. The summed E-state index contributed by atoms with van der Waals surface area (Å²) in [5.41, 5.74) is -0.701. The van der Waals surface area contributed by atoms with Crippen molar-refractivity contribution in [1.29, 1.82) is 0 Å². The van der Waals surface area contributed by atoms with Gasteiger partial charge in [0.25, 0.3) is 0 Å². The third-order valence-corrected chi connectivity index (χ3v) is 4.85. The average Bonchev–Trinajstić information content (AvgIpc) is 2.67. The van der Waals surface area contributed by atoms with E-state index in [1.165, 1.54) is 14.0 Å². The summed E-state index contributed by atoms with van der Waals surface area (Å²) in [5, 5.41) is 2.61. The van der Waals surface area contributed by atoms with E-state index < -0.39 is 17.4 Å². The van der Waals surface area contributed by atoms with E-state index in [1.807, 2.05) is 36.4 Å². The summed E-state index contributed by atoms with van der Waals surface area (Å²) in [6.45, 7) is 1.31. The van der Waals surface area contributed by atoms with E-state index in [2.05, 4.69) is 5.32 Å². The second kappa shape index (κ2) is 9.32. The molecular formula is C21H27NO4. The second-order valence-corrected chi connectivity index (χ2v) is 6.79. The van der Waals surface area contributed by atoms with Gasteiger partial charge in [0, 0.05) is 19.3 Å². The normalized spacial score (nSPS) is 17.5. The van der Waals surface area contributed by atoms with Gasteiger partial charge in [-0.2, -0.15) is 0 Å². The molecule has 1 aliphatic rings. The van der Waals surface area contributed by atoms with Gasteiger partial charge in [0.05, 0.1) is 7.11 Å². The van der Waals surface area contributed by atoms with Crippen molar-refractivity contribution in [2.75, 3.05) is 7.11 Å². The summed E-state index contributed by atoms with van der Waals surface area (Å²) in [5.74, 6) is -1.59. The predicted molar refractivity (Wildman–Crippen MR) is 100 cm³/mol. The number of carbonyl (C=O) groups is 3. The number of esters is 1. The lowest BCUT2D eigenvalue weighted by molar-refractivity contribution is -0.157. The molecule has 0 spiro atoms. The Morgan fingerprint density at radius 1 is 1.15 bits per heavy atom. The largest absolute Gasteiger partial charge is 0.467 e. The summed E-state index contributed by atoms with van der Waals surface area (Å²) in [7, 11) is 1.24. The van der Waals surface area contributed by atoms with Gasteiger partial charge in [-0.25, -0.2) is 4.79 Å². The van der Waals surface area contributed by atoms with E-state index in [9.17, 15) is 14.4 Å². The average molecular weight is 357 g/mol. The van der Waals surface area contributed by atoms with Gasteiger partial charge in [-0.3, -0.25) is 9.59 Å². The highest BCUT2D eigenvalue weighted by Crippen LogP contribution is 2.30. The van der Waals surface area contributed by atoms with Crippen LogP contribution in [0.15, 0.2) is 36.4 Å². The number of ketones is 1. The molecule has 0 saturated heterocycles. The van der Waals surface area contributed by atoms with Crippen LogP contribution in [-0.2, 0) is 19.1 Å². The van der Waals surface area contributed by atoms with E-state index >= 15 is 0 Å². The summed E-state index contributed by atoms with van der Waals surface area (Å²) < 4.78 is 4.92. The Labute approximate surface area is 154 Å². The lowest BCUT2D eigenvalue weighted by Crippen LogP contribution is -2.61. The summed E-state index contributed by atoms with van der Waals surface area (Å²) in [6, 6.07) is 9.60. The summed E-state index contributed by atoms with van der Waals surface area (Å²) in [6.07, 6.45) is 8.20. The molecular weight excluding hydrogens is 330 g/mol. The number of hydrogen-bond acceptors (Lipinski definition) is 4. The number of Topliss-reactive ketones (excluding diaryl/α,β-unsaturated/α-hetero) is 1. The van der Waals surface area contributed by atoms with Gasteiger partial charge in [-0.1, -0.05) is 61.7 Å². The van der Waals surface area contributed by atoms with Crippen LogP contribution in [0.5, 0.6) is 0 Å². The maximum Gasteiger partial charge on any atom is 0.339 e. The molecule has 1 aromatic carbocycles. The molecule has 0 aromatic heterocycles. The minimum atomic E-state index is -1.66. The molecule has 0 bridgehead atoms. The maximum absolute atomic E-state index is 13.2. The van der Waals surface area contributed by atoms with Gasteiger partial charge in [0.15, 0.2) is 5.78 Å². The number of methoxy groups -OCH3 is 1. The van der Waals surface area contributed by atoms with Crippen molar-refractivity contribution >= 4 is 23.7 Å². The number of ether oxygens (including phenoxy) is 1. The number of hydrogen-bond donors (Lipinski definition) is 1. The molecule has 0 unspecified atom stereocenters. The molecule has 26 heavy (non-hydrogen) atoms. The quantitative estimate of drug-likeness (QED) is 0.600. The molecule has 1 aromatic rings. The molecule has 1 aliphatic carbocycles. The van der Waals surface area contributed by atoms with Crippen LogP contribution in [-0.4, -0.2) is 30.3 Å². The van der Waals surface area contributed by atoms with E-state index in [0.717, 1.165) is 37.7 Å². The van der Waals surface area contributed by atoms with Crippen molar-refractivity contribution in [3.05, 3.63) is 42.0 Å². The number of amides is 1. The third kappa shape index (κ3) is 4.81. The van der Waals surface area contributed by atoms with Crippen LogP contribution < -0.4 is 5.32 Å². The number of carbonyl (C=O) groups excluding carboxylic acids is 3. The molecule has 5 nitrogen and oxygen atoms in total. The van der Waals surface area contributed by atoms with Crippen LogP contribution in [0.25, 0.3) is 6.08 Å². The molecule has 2 rings (SSSR count). The topological polar surface area (TPSA) is 72.5 Å². The van der Waals surface area contributed by atoms with Crippen molar-refractivity contribution < 1.29 is 19.1 Å². The Hall–Kier alpha value is -2.43. The molecule has 1 fully saturated rings. The zero-order valence-corrected chi connectivity index (χ0v) is 15.5. The molecule has 0 radical (unpaired) electrons. The van der Waals surface area contributed by atoms with Crippen LogP contribution in [0.4, 0.5) is 0 Å². The van der Waals surface area contributed by atoms with Crippen LogP contribution in [0, 0.1) is 5.92 Å². The fourth-order valence-electron chi connectivity index (χ4n) is 3.57. The van der Waals surface area contributed by atoms with Crippen molar-refractivity contribution in [3.63, 3.8) is 0 Å². The van der Waals surface area contributed by atoms with Crippen LogP contribution in [0.1, 0.15) is 51.0 Å². The number of nitrogens with one attached hydrogen (secondary N) is 1. The third-order valence-electron chi connectivity index (χ3n) is 4.85. The highest BCUT2D eigenvalue weighted by molar-refractivity contribution is 6.12. The van der Waals surface area contributed by atoms with Crippen LogP contribution in [0.3, 0.4) is 0 Å². The van der Waals surface area contributed by atoms with Gasteiger partial charge in [0.2, 0.25) is 11.4 Å². The molecule has 0 aliphatic heterocycles. The first-order valence-corrected chi connectivity index (χ1v) is 9.12. The summed E-state index contributed by atoms with van der Waals surface area (Å²) >= 11 is 0. The fourth-order valence-corrected chi connectivity index (χ4v) is 3.57. The first-order chi connectivity index (χ1) is 12.5. The van der Waals surface area contributed by atoms with Crippen LogP contribution >= 0.6 is 0 Å². The first kappa shape index (κ1) is 19.9. The number of rotatable bonds is 7. The van der Waals surface area contributed by atoms with Gasteiger partial charge >= 0.3 is 5.97 Å². The Morgan fingerprint density at radius 3 is 2.38 bits per heavy atom. The molecule has 1 amide bonds. The Bertz CT molecular complexity index is 662. The molecule has 0 heterocycles. The zero-order chi connectivity index (χ0) is 19.0. The molecule has 140 valence electrons. The monoisotopic (exact) mass is 357 g/mol. The van der Waals surface area contributed by atoms with Crippen molar-refractivity contribution in [2.24, 2.45) is 5.92 Å². The number of benzene rings is 1. The molecule has 1 N–H and O–H groups in total. The maximum atomic E-state index is 13.2. The van der Waals surface area contributed by atoms with E-state index in [0.29, 0.717) is 0 Å². The van der Waals surface area contributed by atoms with Gasteiger partial charge in [-0.05, 0) is 18.4 Å². The smallest absolute Gasteiger partial charge is 0.339 e. The fraction of sp³-hybridized carbons (Fsp3) is 0.476. The Morgan fingerprint density at radius 2 is 1.81 bits per heavy atom. The molecule has 1 saturated carbocycles. The van der Waals surface area contributed by atoms with E-state index in [-0.39, 0.29) is 18.1 Å². The highest BCUT2D eigenvalue weighted by atomic mass is 16.5. The van der Waals surface area contributed by atoms with E-state index in [4.69, 9.17) is 4.74 Å². The lowest BCUT2D eigenvalue weighted by Gasteiger charge is -2.34. The van der Waals surface area contributed by atoms with Crippen molar-refractivity contribution in [2.45, 2.75) is 51.0 Å². The lowest BCUT2D eigenvalue weighted by atomic mass is 9.76. The predicted octanol–water partition coefficient (Wildman–Crippen LogP) is 3.29. The highest BCUT2D eigenvalue weighted by Gasteiger charge is 2.49. The van der Waals surface area contributed by atoms with Crippen LogP contribution in [0.2, 0.25) is 0 Å². The van der Waals surface area contributed by atoms with Crippen molar-refractivity contribution in [1.82, 2.24) is 5.32 Å². The van der Waals surface area contributed by atoms with E-state index in [1.54, 1.807) is 6.08 Å². The SMILES string of the molecule is COC(=O)[C@](C/C=C\c1ccccc1)(NC(C)=O)C(=O)C1CCCCC1. The Kier molecular flexibility index (Phi) is 7.13. The summed E-state index contributed by atoms with van der Waals surface area (Å²) in [4.78, 5) is 37.7. The standard InChI is InChI=1S/C21H27NO4/c1-16(23)22-21(20(25)26-2,19(24)18-13-7-4-8-14-18)15-9-12-17-10-5-3-6-11-17/h3,5-6,9-12,18H,4,7-8,13-15H2,1-2H3,(H,22,23)/b12-9-/t21-/m1/s1. The minimum absolute atomic E-state index is 0.0729. The van der Waals surface area contributed by atoms with Gasteiger partial charge < -0.3 is 10.1 Å². The molecule has 5 heteroatoms. The van der Waals surface area contributed by atoms with Gasteiger partial charge in [-0.15, -0.1) is 0 Å². The Balaban J connectivity index is 2.31. The first-order valence-electron chi connectivity index (χ1n) is 9.12.